The average Bonchev–Trinajstić information content (AvgIpc) is 2.70. The summed E-state index contributed by atoms with van der Waals surface area (Å²) in [5.41, 5.74) is 1.13. The molecular formula is C22H31NO5. The van der Waals surface area contributed by atoms with Gasteiger partial charge in [0.2, 0.25) is 5.91 Å². The van der Waals surface area contributed by atoms with E-state index in [4.69, 9.17) is 4.74 Å². The van der Waals surface area contributed by atoms with Gasteiger partial charge in [-0.2, -0.15) is 0 Å². The fraction of sp³-hybridized carbons (Fsp3) is 0.545. The van der Waals surface area contributed by atoms with Crippen LogP contribution in [0.3, 0.4) is 0 Å². The van der Waals surface area contributed by atoms with Gasteiger partial charge in [-0.05, 0) is 37.7 Å². The van der Waals surface area contributed by atoms with Gasteiger partial charge >= 0.3 is 5.97 Å². The number of nitrogens with zero attached hydrogens (tertiary/aromatic N) is 1. The van der Waals surface area contributed by atoms with Gasteiger partial charge in [0.15, 0.2) is 0 Å². The summed E-state index contributed by atoms with van der Waals surface area (Å²) in [6.07, 6.45) is 7.87. The molecule has 1 amide bonds. The Balaban J connectivity index is 1.76. The second kappa shape index (κ2) is 12.3. The first-order chi connectivity index (χ1) is 13.6. The van der Waals surface area contributed by atoms with Gasteiger partial charge in [0.05, 0.1) is 19.8 Å². The van der Waals surface area contributed by atoms with Crippen LogP contribution in [0, 0.1) is 0 Å². The number of rotatable bonds is 11. The molecule has 6 heteroatoms. The number of likely N-dealkylation sites (tertiary alicyclic amines) is 1. The third-order valence-corrected chi connectivity index (χ3v) is 4.97. The lowest BCUT2D eigenvalue weighted by Gasteiger charge is -2.35. The molecule has 1 N–H and O–H groups in total. The van der Waals surface area contributed by atoms with Crippen molar-refractivity contribution in [2.75, 3.05) is 26.9 Å². The van der Waals surface area contributed by atoms with E-state index < -0.39 is 12.1 Å². The van der Waals surface area contributed by atoms with Crippen LogP contribution in [0.4, 0.5) is 0 Å². The molecule has 1 aliphatic heterocycles. The third-order valence-electron chi connectivity index (χ3n) is 4.97. The van der Waals surface area contributed by atoms with Gasteiger partial charge in [0.25, 0.3) is 0 Å². The third kappa shape index (κ3) is 7.82. The van der Waals surface area contributed by atoms with Crippen molar-refractivity contribution >= 4 is 11.9 Å². The van der Waals surface area contributed by atoms with Gasteiger partial charge in [-0.15, -0.1) is 0 Å². The first-order valence-corrected chi connectivity index (χ1v) is 9.91. The van der Waals surface area contributed by atoms with Crippen molar-refractivity contribution in [3.63, 3.8) is 0 Å². The smallest absolute Gasteiger partial charge is 0.331 e. The average molecular weight is 389 g/mol. The molecule has 0 aromatic heterocycles. The highest BCUT2D eigenvalue weighted by Gasteiger charge is 2.27. The molecule has 2 atom stereocenters. The first-order valence-electron chi connectivity index (χ1n) is 9.91. The van der Waals surface area contributed by atoms with Crippen LogP contribution in [-0.4, -0.2) is 60.9 Å². The van der Waals surface area contributed by atoms with E-state index in [0.717, 1.165) is 24.8 Å². The molecule has 0 radical (unpaired) electrons. The van der Waals surface area contributed by atoms with E-state index in [0.29, 0.717) is 32.4 Å². The normalized spacial score (nSPS) is 18.4. The molecule has 2 rings (SSSR count). The van der Waals surface area contributed by atoms with Crippen LogP contribution in [0.5, 0.6) is 0 Å². The lowest BCUT2D eigenvalue weighted by molar-refractivity contribution is -0.145. The minimum Gasteiger partial charge on any atom is -0.467 e. The van der Waals surface area contributed by atoms with Crippen LogP contribution in [0.2, 0.25) is 0 Å². The Bertz CT molecular complexity index is 631. The summed E-state index contributed by atoms with van der Waals surface area (Å²) >= 11 is 0. The predicted octanol–water partition coefficient (Wildman–Crippen LogP) is 2.50. The number of carbonyl (C=O) groups is 2. The first kappa shape index (κ1) is 22.1. The zero-order valence-electron chi connectivity index (χ0n) is 16.6. The lowest BCUT2D eigenvalue weighted by atomic mass is 9.94. The summed E-state index contributed by atoms with van der Waals surface area (Å²) in [5, 5.41) is 10.4. The summed E-state index contributed by atoms with van der Waals surface area (Å²) in [6.45, 7) is 0.753. The van der Waals surface area contributed by atoms with Gasteiger partial charge in [-0.1, -0.05) is 42.5 Å². The fourth-order valence-electron chi connectivity index (χ4n) is 3.44. The van der Waals surface area contributed by atoms with Crippen LogP contribution in [0.1, 0.15) is 37.7 Å². The molecular weight excluding hydrogens is 358 g/mol. The highest BCUT2D eigenvalue weighted by Crippen LogP contribution is 2.23. The van der Waals surface area contributed by atoms with Crippen LogP contribution in [0.25, 0.3) is 0 Å². The van der Waals surface area contributed by atoms with Crippen molar-refractivity contribution in [3.8, 4) is 0 Å². The molecule has 1 heterocycles. The van der Waals surface area contributed by atoms with Gasteiger partial charge in [0, 0.05) is 19.0 Å². The van der Waals surface area contributed by atoms with E-state index >= 15 is 0 Å². The number of hydrogen-bond acceptors (Lipinski definition) is 5. The van der Waals surface area contributed by atoms with E-state index in [1.807, 2.05) is 47.4 Å². The maximum atomic E-state index is 12.3. The highest BCUT2D eigenvalue weighted by atomic mass is 16.6. The van der Waals surface area contributed by atoms with Crippen LogP contribution in [-0.2, 0) is 25.5 Å². The van der Waals surface area contributed by atoms with Crippen molar-refractivity contribution in [1.29, 1.82) is 0 Å². The number of amides is 1. The van der Waals surface area contributed by atoms with E-state index in [-0.39, 0.29) is 18.6 Å². The Morgan fingerprint density at radius 3 is 2.86 bits per heavy atom. The zero-order chi connectivity index (χ0) is 20.2. The standard InChI is InChI=1S/C22H31NO5/c1-27-22(26)17-28-15-6-5-14-23-19(10-7-11-21(23)25)12-13-20(24)16-18-8-3-2-4-9-18/h2-6,8-9,19-20,24H,7,10-17H2,1H3/t19-,20?/m1/s1. The number of piperidine rings is 1. The topological polar surface area (TPSA) is 76.1 Å². The van der Waals surface area contributed by atoms with Crippen LogP contribution in [0.15, 0.2) is 42.5 Å². The van der Waals surface area contributed by atoms with Gasteiger partial charge in [-0.3, -0.25) is 4.79 Å². The highest BCUT2D eigenvalue weighted by molar-refractivity contribution is 5.77. The Hall–Kier alpha value is -2.18. The number of methoxy groups -OCH3 is 1. The van der Waals surface area contributed by atoms with Gasteiger partial charge in [-0.25, -0.2) is 4.79 Å². The second-order valence-corrected chi connectivity index (χ2v) is 7.08. The molecule has 1 unspecified atom stereocenters. The number of benzene rings is 1. The minimum absolute atomic E-state index is 0.0780. The lowest BCUT2D eigenvalue weighted by Crippen LogP contribution is -2.44. The largest absolute Gasteiger partial charge is 0.467 e. The molecule has 1 fully saturated rings. The zero-order valence-corrected chi connectivity index (χ0v) is 16.6. The van der Waals surface area contributed by atoms with Crippen molar-refractivity contribution in [1.82, 2.24) is 4.90 Å². The molecule has 154 valence electrons. The number of esters is 1. The minimum atomic E-state index is -0.409. The number of ether oxygens (including phenoxy) is 2. The SMILES string of the molecule is COC(=O)COCC=CCN1C(=O)CCC[C@@H]1CCC(O)Cc1ccccc1. The summed E-state index contributed by atoms with van der Waals surface area (Å²) in [4.78, 5) is 25.2. The van der Waals surface area contributed by atoms with Crippen molar-refractivity contribution in [2.24, 2.45) is 0 Å². The summed E-state index contributed by atoms with van der Waals surface area (Å²) in [6, 6.07) is 10.1. The maximum Gasteiger partial charge on any atom is 0.331 e. The summed E-state index contributed by atoms with van der Waals surface area (Å²) in [7, 11) is 1.32. The van der Waals surface area contributed by atoms with Crippen molar-refractivity contribution in [2.45, 2.75) is 50.7 Å². The predicted molar refractivity (Wildman–Crippen MR) is 107 cm³/mol. The summed E-state index contributed by atoms with van der Waals surface area (Å²) < 4.78 is 9.67. The van der Waals surface area contributed by atoms with Crippen molar-refractivity contribution < 1.29 is 24.2 Å². The second-order valence-electron chi connectivity index (χ2n) is 7.08. The van der Waals surface area contributed by atoms with Crippen LogP contribution < -0.4 is 0 Å². The molecule has 1 saturated heterocycles. The molecule has 0 saturated carbocycles. The van der Waals surface area contributed by atoms with E-state index in [1.54, 1.807) is 0 Å². The number of hydrogen-bond donors (Lipinski definition) is 1. The Kier molecular flexibility index (Phi) is 9.72. The summed E-state index contributed by atoms with van der Waals surface area (Å²) in [5.74, 6) is -0.248. The van der Waals surface area contributed by atoms with Crippen LogP contribution >= 0.6 is 0 Å². The molecule has 0 spiro atoms. The maximum absolute atomic E-state index is 12.3. The molecule has 0 bridgehead atoms. The van der Waals surface area contributed by atoms with E-state index in [2.05, 4.69) is 4.74 Å². The monoisotopic (exact) mass is 389 g/mol. The number of aliphatic hydroxyl groups is 1. The Morgan fingerprint density at radius 1 is 1.32 bits per heavy atom. The molecule has 1 aromatic carbocycles. The Labute approximate surface area is 167 Å². The molecule has 6 nitrogen and oxygen atoms in total. The van der Waals surface area contributed by atoms with Gasteiger partial charge in [0.1, 0.15) is 6.61 Å². The number of carbonyl (C=O) groups excluding carboxylic acids is 2. The quantitative estimate of drug-likeness (QED) is 0.357. The molecule has 0 aliphatic carbocycles. The fourth-order valence-corrected chi connectivity index (χ4v) is 3.44. The van der Waals surface area contributed by atoms with Crippen molar-refractivity contribution in [3.05, 3.63) is 48.0 Å². The molecule has 1 aliphatic rings. The number of aliphatic hydroxyl groups excluding tert-OH is 1. The molecule has 1 aromatic rings. The van der Waals surface area contributed by atoms with E-state index in [1.165, 1.54) is 7.11 Å². The van der Waals surface area contributed by atoms with Gasteiger partial charge < -0.3 is 19.5 Å². The molecule has 28 heavy (non-hydrogen) atoms. The van der Waals surface area contributed by atoms with E-state index in [9.17, 15) is 14.7 Å². The Morgan fingerprint density at radius 2 is 2.11 bits per heavy atom.